The molecule has 2 rings (SSSR count). The van der Waals surface area contributed by atoms with E-state index >= 15 is 0 Å². The van der Waals surface area contributed by atoms with Gasteiger partial charge in [-0.05, 0) is 30.3 Å². The molecular formula is C16H15F2NS. The highest BCUT2D eigenvalue weighted by molar-refractivity contribution is 7.99. The van der Waals surface area contributed by atoms with Crippen molar-refractivity contribution < 1.29 is 8.78 Å². The third-order valence-corrected chi connectivity index (χ3v) is 3.79. The van der Waals surface area contributed by atoms with Gasteiger partial charge in [-0.25, -0.2) is 8.78 Å². The predicted octanol–water partition coefficient (Wildman–Crippen LogP) is 4.86. The first-order chi connectivity index (χ1) is 9.70. The van der Waals surface area contributed by atoms with E-state index in [-0.39, 0.29) is 6.54 Å². The number of rotatable bonds is 6. The fraction of sp³-hybridized carbons (Fsp3) is 0.125. The molecule has 2 aromatic rings. The standard InChI is InChI=1S/C16H15F2NS/c1-2-9-20-16-6-4-3-5-15(16)19-11-12-10-13(17)7-8-14(12)18/h2-8,10,19H,1,9,11H2. The van der Waals surface area contributed by atoms with Crippen molar-refractivity contribution in [3.63, 3.8) is 0 Å². The van der Waals surface area contributed by atoms with Crippen molar-refractivity contribution in [2.75, 3.05) is 11.1 Å². The van der Waals surface area contributed by atoms with Gasteiger partial charge in [-0.2, -0.15) is 0 Å². The largest absolute Gasteiger partial charge is 0.380 e. The molecule has 0 atom stereocenters. The number of thioether (sulfide) groups is 1. The van der Waals surface area contributed by atoms with Crippen LogP contribution in [-0.4, -0.2) is 5.75 Å². The van der Waals surface area contributed by atoms with E-state index in [1.807, 2.05) is 30.3 Å². The van der Waals surface area contributed by atoms with E-state index in [0.717, 1.165) is 28.5 Å². The highest BCUT2D eigenvalue weighted by Gasteiger charge is 2.06. The summed E-state index contributed by atoms with van der Waals surface area (Å²) in [5.41, 5.74) is 1.22. The molecule has 0 unspecified atom stereocenters. The summed E-state index contributed by atoms with van der Waals surface area (Å²) in [7, 11) is 0. The SMILES string of the molecule is C=CCSc1ccccc1NCc1cc(F)ccc1F. The number of hydrogen-bond donors (Lipinski definition) is 1. The minimum atomic E-state index is -0.433. The molecule has 2 aromatic carbocycles. The fourth-order valence-electron chi connectivity index (χ4n) is 1.76. The molecule has 0 saturated heterocycles. The van der Waals surface area contributed by atoms with Crippen molar-refractivity contribution in [3.05, 3.63) is 72.3 Å². The quantitative estimate of drug-likeness (QED) is 0.603. The second-order valence-corrected chi connectivity index (χ2v) is 5.25. The van der Waals surface area contributed by atoms with Crippen LogP contribution in [0.15, 0.2) is 60.0 Å². The van der Waals surface area contributed by atoms with E-state index in [0.29, 0.717) is 5.56 Å². The maximum Gasteiger partial charge on any atom is 0.128 e. The van der Waals surface area contributed by atoms with Crippen LogP contribution in [0.5, 0.6) is 0 Å². The Kier molecular flexibility index (Phi) is 5.18. The van der Waals surface area contributed by atoms with Gasteiger partial charge in [0.1, 0.15) is 11.6 Å². The Morgan fingerprint density at radius 2 is 1.95 bits per heavy atom. The van der Waals surface area contributed by atoms with E-state index in [1.165, 1.54) is 6.07 Å². The van der Waals surface area contributed by atoms with Gasteiger partial charge in [0.2, 0.25) is 0 Å². The number of hydrogen-bond acceptors (Lipinski definition) is 2. The van der Waals surface area contributed by atoms with Crippen LogP contribution in [0.4, 0.5) is 14.5 Å². The lowest BCUT2D eigenvalue weighted by atomic mass is 10.2. The maximum atomic E-state index is 13.6. The zero-order valence-electron chi connectivity index (χ0n) is 10.9. The minimum Gasteiger partial charge on any atom is -0.380 e. The van der Waals surface area contributed by atoms with Crippen LogP contribution in [0.3, 0.4) is 0 Å². The number of nitrogens with one attached hydrogen (secondary N) is 1. The van der Waals surface area contributed by atoms with Crippen molar-refractivity contribution in [2.24, 2.45) is 0 Å². The number of para-hydroxylation sites is 1. The molecule has 0 spiro atoms. The van der Waals surface area contributed by atoms with Crippen LogP contribution in [0.25, 0.3) is 0 Å². The highest BCUT2D eigenvalue weighted by atomic mass is 32.2. The van der Waals surface area contributed by atoms with Crippen molar-refractivity contribution >= 4 is 17.4 Å². The van der Waals surface area contributed by atoms with E-state index in [9.17, 15) is 8.78 Å². The molecule has 0 amide bonds. The molecule has 0 aromatic heterocycles. The smallest absolute Gasteiger partial charge is 0.128 e. The average molecular weight is 291 g/mol. The number of anilines is 1. The number of halogens is 2. The monoisotopic (exact) mass is 291 g/mol. The third-order valence-electron chi connectivity index (χ3n) is 2.72. The van der Waals surface area contributed by atoms with Crippen LogP contribution in [0.1, 0.15) is 5.56 Å². The van der Waals surface area contributed by atoms with Crippen molar-refractivity contribution in [2.45, 2.75) is 11.4 Å². The Bertz CT molecular complexity index is 599. The summed E-state index contributed by atoms with van der Waals surface area (Å²) in [6.45, 7) is 3.93. The van der Waals surface area contributed by atoms with Gasteiger partial charge in [0.15, 0.2) is 0 Å². The number of benzene rings is 2. The molecule has 0 fully saturated rings. The van der Waals surface area contributed by atoms with Gasteiger partial charge >= 0.3 is 0 Å². The highest BCUT2D eigenvalue weighted by Crippen LogP contribution is 2.27. The van der Waals surface area contributed by atoms with Crippen molar-refractivity contribution in [3.8, 4) is 0 Å². The molecular weight excluding hydrogens is 276 g/mol. The molecule has 0 radical (unpaired) electrons. The molecule has 0 bridgehead atoms. The van der Waals surface area contributed by atoms with E-state index in [1.54, 1.807) is 11.8 Å². The minimum absolute atomic E-state index is 0.245. The predicted molar refractivity (Wildman–Crippen MR) is 81.0 cm³/mol. The van der Waals surface area contributed by atoms with Gasteiger partial charge in [0.25, 0.3) is 0 Å². The first-order valence-corrected chi connectivity index (χ1v) is 7.20. The van der Waals surface area contributed by atoms with Crippen LogP contribution in [0, 0.1) is 11.6 Å². The molecule has 0 aliphatic carbocycles. The summed E-state index contributed by atoms with van der Waals surface area (Å²) >= 11 is 1.64. The molecule has 1 N–H and O–H groups in total. The molecule has 0 aliphatic rings. The van der Waals surface area contributed by atoms with Crippen LogP contribution in [-0.2, 0) is 6.54 Å². The van der Waals surface area contributed by atoms with Gasteiger partial charge in [-0.3, -0.25) is 0 Å². The summed E-state index contributed by atoms with van der Waals surface area (Å²) in [4.78, 5) is 1.06. The zero-order valence-corrected chi connectivity index (χ0v) is 11.7. The van der Waals surface area contributed by atoms with Gasteiger partial charge in [0.05, 0.1) is 0 Å². The topological polar surface area (TPSA) is 12.0 Å². The van der Waals surface area contributed by atoms with Crippen LogP contribution >= 0.6 is 11.8 Å². The van der Waals surface area contributed by atoms with E-state index in [2.05, 4.69) is 11.9 Å². The first kappa shape index (κ1) is 14.6. The molecule has 0 aliphatic heterocycles. The summed E-state index contributed by atoms with van der Waals surface area (Å²) in [6, 6.07) is 11.2. The Balaban J connectivity index is 2.10. The Morgan fingerprint density at radius 1 is 1.15 bits per heavy atom. The fourth-order valence-corrected chi connectivity index (χ4v) is 2.52. The second-order valence-electron chi connectivity index (χ2n) is 4.19. The Morgan fingerprint density at radius 3 is 2.75 bits per heavy atom. The molecule has 1 nitrogen and oxygen atoms in total. The summed E-state index contributed by atoms with van der Waals surface area (Å²) in [5.74, 6) is -0.0415. The molecule has 4 heteroatoms. The zero-order chi connectivity index (χ0) is 14.4. The molecule has 0 saturated carbocycles. The van der Waals surface area contributed by atoms with Gasteiger partial charge in [-0.15, -0.1) is 18.3 Å². The van der Waals surface area contributed by atoms with Crippen LogP contribution < -0.4 is 5.32 Å². The summed E-state index contributed by atoms with van der Waals surface area (Å²) < 4.78 is 26.7. The van der Waals surface area contributed by atoms with E-state index in [4.69, 9.17) is 0 Å². The van der Waals surface area contributed by atoms with Gasteiger partial charge in [-0.1, -0.05) is 18.2 Å². The second kappa shape index (κ2) is 7.10. The van der Waals surface area contributed by atoms with Crippen LogP contribution in [0.2, 0.25) is 0 Å². The Hall–Kier alpha value is -1.81. The molecule has 104 valence electrons. The van der Waals surface area contributed by atoms with Crippen molar-refractivity contribution in [1.82, 2.24) is 0 Å². The first-order valence-electron chi connectivity index (χ1n) is 6.21. The normalized spacial score (nSPS) is 10.3. The lowest BCUT2D eigenvalue weighted by Gasteiger charge is -2.11. The maximum absolute atomic E-state index is 13.6. The Labute approximate surface area is 121 Å². The lowest BCUT2D eigenvalue weighted by molar-refractivity contribution is 0.587. The van der Waals surface area contributed by atoms with Gasteiger partial charge in [0, 0.05) is 28.4 Å². The molecule has 20 heavy (non-hydrogen) atoms. The molecule has 0 heterocycles. The summed E-state index contributed by atoms with van der Waals surface area (Å²) in [5, 5.41) is 3.14. The van der Waals surface area contributed by atoms with Gasteiger partial charge < -0.3 is 5.32 Å². The lowest BCUT2D eigenvalue weighted by Crippen LogP contribution is -2.03. The van der Waals surface area contributed by atoms with E-state index < -0.39 is 11.6 Å². The average Bonchev–Trinajstić information content (AvgIpc) is 2.47. The van der Waals surface area contributed by atoms with Crippen molar-refractivity contribution in [1.29, 1.82) is 0 Å². The summed E-state index contributed by atoms with van der Waals surface area (Å²) in [6.07, 6.45) is 1.83. The third kappa shape index (κ3) is 3.84.